The molecule has 0 fully saturated rings. The molecule has 4 nitrogen and oxygen atoms in total. The summed E-state index contributed by atoms with van der Waals surface area (Å²) in [4.78, 5) is 7.07. The Bertz CT molecular complexity index is 592. The van der Waals surface area contributed by atoms with Crippen molar-refractivity contribution in [1.82, 2.24) is 9.97 Å². The summed E-state index contributed by atoms with van der Waals surface area (Å²) in [5.41, 5.74) is 0.352. The number of nitrogens with zero attached hydrogens (tertiary/aromatic N) is 3. The summed E-state index contributed by atoms with van der Waals surface area (Å²) in [6.07, 6.45) is 1.06. The maximum atomic E-state index is 13.0. The fraction of sp³-hybridized carbons (Fsp3) is 0. The van der Waals surface area contributed by atoms with Crippen molar-refractivity contribution in [2.24, 2.45) is 0 Å². The van der Waals surface area contributed by atoms with Crippen LogP contribution in [-0.4, -0.2) is 9.97 Å². The van der Waals surface area contributed by atoms with E-state index < -0.39 is 11.8 Å². The Hall–Kier alpha value is -2.55. The van der Waals surface area contributed by atoms with Gasteiger partial charge in [0.2, 0.25) is 5.95 Å². The first-order valence-corrected chi connectivity index (χ1v) is 4.63. The number of rotatable bonds is 2. The third kappa shape index (κ3) is 2.52. The van der Waals surface area contributed by atoms with Crippen molar-refractivity contribution in [1.29, 1.82) is 5.26 Å². The quantitative estimate of drug-likeness (QED) is 0.807. The highest BCUT2D eigenvalue weighted by atomic mass is 19.1. The van der Waals surface area contributed by atoms with Crippen LogP contribution in [0.2, 0.25) is 0 Å². The second-order valence-electron chi connectivity index (χ2n) is 3.16. The number of nitrogens with one attached hydrogen (secondary N) is 1. The summed E-state index contributed by atoms with van der Waals surface area (Å²) < 4.78 is 25.8. The van der Waals surface area contributed by atoms with E-state index in [1.807, 2.05) is 0 Å². The summed E-state index contributed by atoms with van der Waals surface area (Å²) in [5.74, 6) is -1.05. The number of hydrogen-bond donors (Lipinski definition) is 1. The number of anilines is 2. The zero-order valence-corrected chi connectivity index (χ0v) is 8.48. The first kappa shape index (κ1) is 11.0. The van der Waals surface area contributed by atoms with E-state index in [-0.39, 0.29) is 11.4 Å². The van der Waals surface area contributed by atoms with Crippen LogP contribution < -0.4 is 5.32 Å². The molecule has 0 bridgehead atoms. The molecule has 0 atom stereocenters. The predicted molar refractivity (Wildman–Crippen MR) is 56.4 cm³/mol. The average Bonchev–Trinajstić information content (AvgIpc) is 2.32. The van der Waals surface area contributed by atoms with Gasteiger partial charge in [-0.25, -0.2) is 14.4 Å². The number of nitriles is 1. The maximum absolute atomic E-state index is 13.0. The molecular weight excluding hydrogens is 226 g/mol. The van der Waals surface area contributed by atoms with Crippen molar-refractivity contribution in [2.45, 2.75) is 0 Å². The van der Waals surface area contributed by atoms with E-state index in [4.69, 9.17) is 5.26 Å². The van der Waals surface area contributed by atoms with Gasteiger partial charge >= 0.3 is 0 Å². The van der Waals surface area contributed by atoms with E-state index >= 15 is 0 Å². The summed E-state index contributed by atoms with van der Waals surface area (Å²) in [5, 5.41) is 11.4. The molecule has 6 heteroatoms. The van der Waals surface area contributed by atoms with Gasteiger partial charge in [-0.1, -0.05) is 0 Å². The molecular formula is C11H6F2N4. The van der Waals surface area contributed by atoms with Gasteiger partial charge in [-0.05, 0) is 18.2 Å². The Morgan fingerprint density at radius 3 is 2.71 bits per heavy atom. The van der Waals surface area contributed by atoms with E-state index in [2.05, 4.69) is 15.3 Å². The molecule has 0 saturated carbocycles. The lowest BCUT2D eigenvalue weighted by Gasteiger charge is -2.05. The Labute approximate surface area is 95.6 Å². The molecule has 1 aromatic carbocycles. The lowest BCUT2D eigenvalue weighted by Crippen LogP contribution is -1.96. The Morgan fingerprint density at radius 2 is 2.00 bits per heavy atom. The normalized spacial score (nSPS) is 9.71. The van der Waals surface area contributed by atoms with Gasteiger partial charge in [0.25, 0.3) is 0 Å². The average molecular weight is 232 g/mol. The van der Waals surface area contributed by atoms with Crippen LogP contribution in [0.5, 0.6) is 0 Å². The van der Waals surface area contributed by atoms with Gasteiger partial charge in [0, 0.05) is 11.8 Å². The van der Waals surface area contributed by atoms with Gasteiger partial charge in [-0.3, -0.25) is 0 Å². The molecule has 0 spiro atoms. The van der Waals surface area contributed by atoms with Crippen LogP contribution in [0, 0.1) is 23.1 Å². The third-order valence-electron chi connectivity index (χ3n) is 1.99. The van der Waals surface area contributed by atoms with Crippen LogP contribution in [0.1, 0.15) is 5.56 Å². The molecule has 0 aliphatic carbocycles. The molecule has 84 valence electrons. The Kier molecular flexibility index (Phi) is 2.92. The third-order valence-corrected chi connectivity index (χ3v) is 1.99. The van der Waals surface area contributed by atoms with Crippen LogP contribution in [-0.2, 0) is 0 Å². The molecule has 0 amide bonds. The number of halogens is 2. The van der Waals surface area contributed by atoms with Crippen LogP contribution in [0.15, 0.2) is 30.6 Å². The van der Waals surface area contributed by atoms with E-state index in [0.29, 0.717) is 5.69 Å². The molecule has 0 aliphatic rings. The van der Waals surface area contributed by atoms with Crippen LogP contribution in [0.25, 0.3) is 0 Å². The lowest BCUT2D eigenvalue weighted by molar-refractivity contribution is 0.580. The van der Waals surface area contributed by atoms with E-state index in [1.54, 1.807) is 6.07 Å². The number of benzene rings is 1. The number of aromatic nitrogens is 2. The fourth-order valence-electron chi connectivity index (χ4n) is 1.24. The van der Waals surface area contributed by atoms with E-state index in [9.17, 15) is 8.78 Å². The minimum atomic E-state index is -0.676. The zero-order valence-electron chi connectivity index (χ0n) is 8.48. The first-order valence-electron chi connectivity index (χ1n) is 4.63. The van der Waals surface area contributed by atoms with Crippen molar-refractivity contribution >= 4 is 11.5 Å². The number of hydrogen-bond acceptors (Lipinski definition) is 4. The SMILES string of the molecule is N#Cc1cc(Nc2cc(F)ncn2)ccc1F. The highest BCUT2D eigenvalue weighted by Crippen LogP contribution is 2.17. The van der Waals surface area contributed by atoms with Crippen molar-refractivity contribution in [3.05, 3.63) is 47.9 Å². The molecule has 17 heavy (non-hydrogen) atoms. The van der Waals surface area contributed by atoms with Gasteiger partial charge in [0.1, 0.15) is 24.0 Å². The highest BCUT2D eigenvalue weighted by Gasteiger charge is 2.04. The Balaban J connectivity index is 2.28. The monoisotopic (exact) mass is 232 g/mol. The van der Waals surface area contributed by atoms with Crippen LogP contribution in [0.3, 0.4) is 0 Å². The molecule has 0 saturated heterocycles. The predicted octanol–water partition coefficient (Wildman–Crippen LogP) is 2.37. The van der Waals surface area contributed by atoms with Gasteiger partial charge in [0.05, 0.1) is 5.56 Å². The smallest absolute Gasteiger partial charge is 0.218 e. The fourth-order valence-corrected chi connectivity index (χ4v) is 1.24. The summed E-state index contributed by atoms with van der Waals surface area (Å²) >= 11 is 0. The van der Waals surface area contributed by atoms with Gasteiger partial charge < -0.3 is 5.32 Å². The van der Waals surface area contributed by atoms with Crippen molar-refractivity contribution in [2.75, 3.05) is 5.32 Å². The van der Waals surface area contributed by atoms with Gasteiger partial charge in [-0.15, -0.1) is 0 Å². The Morgan fingerprint density at radius 1 is 1.18 bits per heavy atom. The summed E-state index contributed by atoms with van der Waals surface area (Å²) in [7, 11) is 0. The zero-order chi connectivity index (χ0) is 12.3. The molecule has 0 unspecified atom stereocenters. The topological polar surface area (TPSA) is 61.6 Å². The first-order chi connectivity index (χ1) is 8.19. The van der Waals surface area contributed by atoms with Crippen LogP contribution in [0.4, 0.5) is 20.3 Å². The maximum Gasteiger partial charge on any atom is 0.218 e. The second-order valence-corrected chi connectivity index (χ2v) is 3.16. The van der Waals surface area contributed by atoms with Crippen molar-refractivity contribution in [3.63, 3.8) is 0 Å². The van der Waals surface area contributed by atoms with Gasteiger partial charge in [0.15, 0.2) is 0 Å². The minimum Gasteiger partial charge on any atom is -0.340 e. The van der Waals surface area contributed by atoms with Gasteiger partial charge in [-0.2, -0.15) is 9.65 Å². The molecule has 1 aromatic heterocycles. The molecule has 2 aromatic rings. The largest absolute Gasteiger partial charge is 0.340 e. The van der Waals surface area contributed by atoms with E-state index in [1.165, 1.54) is 12.1 Å². The van der Waals surface area contributed by atoms with E-state index in [0.717, 1.165) is 18.5 Å². The minimum absolute atomic E-state index is 0.0930. The van der Waals surface area contributed by atoms with Crippen molar-refractivity contribution < 1.29 is 8.78 Å². The molecule has 1 heterocycles. The van der Waals surface area contributed by atoms with Crippen LogP contribution >= 0.6 is 0 Å². The summed E-state index contributed by atoms with van der Waals surface area (Å²) in [6.45, 7) is 0. The second kappa shape index (κ2) is 4.53. The lowest BCUT2D eigenvalue weighted by atomic mass is 10.2. The molecule has 1 N–H and O–H groups in total. The molecule has 2 rings (SSSR count). The van der Waals surface area contributed by atoms with Crippen molar-refractivity contribution in [3.8, 4) is 6.07 Å². The highest BCUT2D eigenvalue weighted by molar-refractivity contribution is 5.58. The molecule has 0 radical (unpaired) electrons. The summed E-state index contributed by atoms with van der Waals surface area (Å²) in [6, 6.07) is 6.70. The standard InChI is InChI=1S/C11H6F2N4/c12-9-2-1-8(3-7(9)5-14)17-11-4-10(13)15-6-16-11/h1-4,6H,(H,15,16,17). The molecule has 0 aliphatic heterocycles.